The van der Waals surface area contributed by atoms with Crippen LogP contribution in [-0.2, 0) is 14.1 Å². The van der Waals surface area contributed by atoms with Gasteiger partial charge in [0.1, 0.15) is 17.3 Å². The van der Waals surface area contributed by atoms with Crippen LogP contribution in [-0.4, -0.2) is 19.1 Å². The average Bonchev–Trinajstić information content (AvgIpc) is 2.93. The largest absolute Gasteiger partial charge is 0.331 e. The Morgan fingerprint density at radius 2 is 2.11 bits per heavy atom. The molecule has 0 radical (unpaired) electrons. The van der Waals surface area contributed by atoms with E-state index in [-0.39, 0.29) is 0 Å². The lowest BCUT2D eigenvalue weighted by atomic mass is 10.2. The molecule has 1 aromatic carbocycles. The molecule has 0 aliphatic heterocycles. The van der Waals surface area contributed by atoms with E-state index < -0.39 is 0 Å². The summed E-state index contributed by atoms with van der Waals surface area (Å²) >= 11 is 0. The average molecular weight is 237 g/mol. The molecular weight excluding hydrogens is 226 g/mol. The molecule has 0 saturated heterocycles. The first kappa shape index (κ1) is 10.5. The standard InChI is InChI=1S/C13H11N5/c1-17-8-15-7-11(17)13-16-12-9(6-14)4-3-5-10(12)18(13)2/h3-5,7-8H,1-2H3. The van der Waals surface area contributed by atoms with Gasteiger partial charge in [-0.25, -0.2) is 9.97 Å². The Balaban J connectivity index is 2.37. The molecule has 0 amide bonds. The zero-order chi connectivity index (χ0) is 12.7. The van der Waals surface area contributed by atoms with E-state index in [1.165, 1.54) is 0 Å². The lowest BCUT2D eigenvalue weighted by Gasteiger charge is -2.02. The number of aryl methyl sites for hydroxylation is 2. The fraction of sp³-hybridized carbons (Fsp3) is 0.154. The minimum atomic E-state index is 0.594. The Kier molecular flexibility index (Phi) is 2.17. The Labute approximate surface area is 104 Å². The van der Waals surface area contributed by atoms with Crippen LogP contribution in [0.2, 0.25) is 0 Å². The Hall–Kier alpha value is -2.61. The Morgan fingerprint density at radius 3 is 2.78 bits per heavy atom. The quantitative estimate of drug-likeness (QED) is 0.649. The van der Waals surface area contributed by atoms with Gasteiger partial charge in [0.05, 0.1) is 23.6 Å². The van der Waals surface area contributed by atoms with Gasteiger partial charge >= 0.3 is 0 Å². The van der Waals surface area contributed by atoms with Crippen LogP contribution in [0.25, 0.3) is 22.6 Å². The van der Waals surface area contributed by atoms with Crippen LogP contribution >= 0.6 is 0 Å². The minimum absolute atomic E-state index is 0.594. The van der Waals surface area contributed by atoms with Crippen molar-refractivity contribution in [1.82, 2.24) is 19.1 Å². The molecule has 3 aromatic rings. The van der Waals surface area contributed by atoms with Crippen molar-refractivity contribution >= 4 is 11.0 Å². The molecule has 0 unspecified atom stereocenters. The number of fused-ring (bicyclic) bond motifs is 1. The molecular formula is C13H11N5. The molecule has 0 atom stereocenters. The number of imidazole rings is 2. The van der Waals surface area contributed by atoms with Gasteiger partial charge in [-0.3, -0.25) is 0 Å². The molecule has 0 saturated carbocycles. The van der Waals surface area contributed by atoms with Gasteiger partial charge in [-0.1, -0.05) is 6.07 Å². The summed E-state index contributed by atoms with van der Waals surface area (Å²) in [4.78, 5) is 8.66. The summed E-state index contributed by atoms with van der Waals surface area (Å²) in [6, 6.07) is 7.78. The zero-order valence-corrected chi connectivity index (χ0v) is 10.1. The number of hydrogen-bond acceptors (Lipinski definition) is 3. The monoisotopic (exact) mass is 237 g/mol. The van der Waals surface area contributed by atoms with Crippen LogP contribution in [0, 0.1) is 11.3 Å². The number of rotatable bonds is 1. The van der Waals surface area contributed by atoms with Crippen LogP contribution in [0.3, 0.4) is 0 Å². The highest BCUT2D eigenvalue weighted by Crippen LogP contribution is 2.24. The maximum Gasteiger partial charge on any atom is 0.159 e. The number of nitrogens with zero attached hydrogens (tertiary/aromatic N) is 5. The number of hydrogen-bond donors (Lipinski definition) is 0. The van der Waals surface area contributed by atoms with Crippen LogP contribution < -0.4 is 0 Å². The summed E-state index contributed by atoms with van der Waals surface area (Å²) in [6.07, 6.45) is 3.51. The van der Waals surface area contributed by atoms with Crippen LogP contribution in [0.5, 0.6) is 0 Å². The number of nitriles is 1. The summed E-state index contributed by atoms with van der Waals surface area (Å²) in [6.45, 7) is 0. The molecule has 0 N–H and O–H groups in total. The van der Waals surface area contributed by atoms with Gasteiger partial charge < -0.3 is 9.13 Å². The topological polar surface area (TPSA) is 59.4 Å². The van der Waals surface area contributed by atoms with E-state index in [1.807, 2.05) is 35.4 Å². The minimum Gasteiger partial charge on any atom is -0.331 e. The molecule has 18 heavy (non-hydrogen) atoms. The second kappa shape index (κ2) is 3.70. The van der Waals surface area contributed by atoms with Crippen molar-refractivity contribution in [2.45, 2.75) is 0 Å². The Morgan fingerprint density at radius 1 is 1.28 bits per heavy atom. The van der Waals surface area contributed by atoms with E-state index >= 15 is 0 Å². The van der Waals surface area contributed by atoms with Gasteiger partial charge in [0.25, 0.3) is 0 Å². The fourth-order valence-electron chi connectivity index (χ4n) is 2.11. The molecule has 0 aliphatic rings. The van der Waals surface area contributed by atoms with Gasteiger partial charge in [-0.05, 0) is 12.1 Å². The second-order valence-corrected chi connectivity index (χ2v) is 4.17. The molecule has 5 heteroatoms. The molecule has 0 bridgehead atoms. The molecule has 0 fully saturated rings. The lowest BCUT2D eigenvalue weighted by Crippen LogP contribution is -1.97. The predicted molar refractivity (Wildman–Crippen MR) is 67.6 cm³/mol. The number of benzene rings is 1. The maximum atomic E-state index is 9.10. The third-order valence-corrected chi connectivity index (χ3v) is 3.08. The van der Waals surface area contributed by atoms with Gasteiger partial charge in [-0.15, -0.1) is 0 Å². The van der Waals surface area contributed by atoms with Crippen molar-refractivity contribution in [2.24, 2.45) is 14.1 Å². The molecule has 3 rings (SSSR count). The van der Waals surface area contributed by atoms with E-state index in [9.17, 15) is 0 Å². The third-order valence-electron chi connectivity index (χ3n) is 3.08. The number of para-hydroxylation sites is 1. The summed E-state index contributed by atoms with van der Waals surface area (Å²) < 4.78 is 3.89. The normalized spacial score (nSPS) is 10.7. The first-order chi connectivity index (χ1) is 8.72. The lowest BCUT2D eigenvalue weighted by molar-refractivity contribution is 0.881. The Bertz CT molecular complexity index is 772. The van der Waals surface area contributed by atoms with Gasteiger partial charge in [-0.2, -0.15) is 5.26 Å². The SMILES string of the molecule is Cn1cncc1-c1nc2c(C#N)cccc2n1C. The summed E-state index contributed by atoms with van der Waals surface area (Å²) in [5.74, 6) is 0.813. The van der Waals surface area contributed by atoms with E-state index in [4.69, 9.17) is 5.26 Å². The molecule has 0 spiro atoms. The van der Waals surface area contributed by atoms with Crippen molar-refractivity contribution in [2.75, 3.05) is 0 Å². The van der Waals surface area contributed by atoms with Gasteiger partial charge in [0.2, 0.25) is 0 Å². The second-order valence-electron chi connectivity index (χ2n) is 4.17. The van der Waals surface area contributed by atoms with Gasteiger partial charge in [0, 0.05) is 14.1 Å². The van der Waals surface area contributed by atoms with Crippen molar-refractivity contribution in [3.8, 4) is 17.6 Å². The van der Waals surface area contributed by atoms with Gasteiger partial charge in [0.15, 0.2) is 5.82 Å². The fourth-order valence-corrected chi connectivity index (χ4v) is 2.11. The maximum absolute atomic E-state index is 9.10. The van der Waals surface area contributed by atoms with Crippen molar-refractivity contribution < 1.29 is 0 Å². The molecule has 5 nitrogen and oxygen atoms in total. The highest BCUT2D eigenvalue weighted by Gasteiger charge is 2.14. The predicted octanol–water partition coefficient (Wildman–Crippen LogP) is 1.85. The van der Waals surface area contributed by atoms with Crippen LogP contribution in [0.1, 0.15) is 5.56 Å². The smallest absolute Gasteiger partial charge is 0.159 e. The number of aromatic nitrogens is 4. The van der Waals surface area contributed by atoms with Crippen molar-refractivity contribution in [3.05, 3.63) is 36.3 Å². The summed E-state index contributed by atoms with van der Waals surface area (Å²) in [5, 5.41) is 9.10. The van der Waals surface area contributed by atoms with E-state index in [0.29, 0.717) is 5.56 Å². The van der Waals surface area contributed by atoms with E-state index in [2.05, 4.69) is 16.0 Å². The summed E-state index contributed by atoms with van der Waals surface area (Å²) in [5.41, 5.74) is 3.21. The zero-order valence-electron chi connectivity index (χ0n) is 10.1. The highest BCUT2D eigenvalue weighted by molar-refractivity contribution is 5.85. The molecule has 2 aromatic heterocycles. The molecule has 2 heterocycles. The van der Waals surface area contributed by atoms with Crippen molar-refractivity contribution in [1.29, 1.82) is 5.26 Å². The third kappa shape index (κ3) is 1.32. The van der Waals surface area contributed by atoms with E-state index in [1.54, 1.807) is 18.6 Å². The summed E-state index contributed by atoms with van der Waals surface area (Å²) in [7, 11) is 3.87. The molecule has 0 aliphatic carbocycles. The highest BCUT2D eigenvalue weighted by atomic mass is 15.1. The van der Waals surface area contributed by atoms with Crippen molar-refractivity contribution in [3.63, 3.8) is 0 Å². The first-order valence-corrected chi connectivity index (χ1v) is 5.54. The van der Waals surface area contributed by atoms with Crippen LogP contribution in [0.4, 0.5) is 0 Å². The first-order valence-electron chi connectivity index (χ1n) is 5.54. The van der Waals surface area contributed by atoms with Crippen LogP contribution in [0.15, 0.2) is 30.7 Å². The van der Waals surface area contributed by atoms with E-state index in [0.717, 1.165) is 22.6 Å². The molecule has 88 valence electrons.